The van der Waals surface area contributed by atoms with E-state index in [2.05, 4.69) is 10.6 Å². The minimum absolute atomic E-state index is 0.302. The van der Waals surface area contributed by atoms with Gasteiger partial charge in [-0.05, 0) is 25.1 Å². The van der Waals surface area contributed by atoms with Gasteiger partial charge in [-0.25, -0.2) is 9.18 Å². The maximum absolute atomic E-state index is 14.6. The number of amides is 1. The summed E-state index contributed by atoms with van der Waals surface area (Å²) in [6, 6.07) is 5.24. The molecule has 0 bridgehead atoms. The number of piperazine rings is 1. The van der Waals surface area contributed by atoms with Crippen LogP contribution in [0.15, 0.2) is 18.2 Å². The van der Waals surface area contributed by atoms with Crippen LogP contribution >= 0.6 is 0 Å². The van der Waals surface area contributed by atoms with Gasteiger partial charge in [-0.15, -0.1) is 0 Å². The standard InChI is InChI=1S/C16H23FN4O2/c1-2-20(11-12-10-18-5-6-19-12)15-4-3-13(9-14(15)17)21-7-8-23-16(21)22/h3-4,9,12,18-19H,2,5-8,10-11H2,1H3/t12-/m0/s1. The summed E-state index contributed by atoms with van der Waals surface area (Å²) in [6.45, 7) is 7.08. The maximum atomic E-state index is 14.6. The molecule has 2 heterocycles. The van der Waals surface area contributed by atoms with E-state index in [9.17, 15) is 9.18 Å². The molecule has 2 aliphatic rings. The van der Waals surface area contributed by atoms with Crippen molar-refractivity contribution in [3.8, 4) is 0 Å². The number of hydrogen-bond donors (Lipinski definition) is 2. The zero-order valence-corrected chi connectivity index (χ0v) is 13.3. The van der Waals surface area contributed by atoms with Crippen LogP contribution in [0.1, 0.15) is 6.92 Å². The monoisotopic (exact) mass is 322 g/mol. The van der Waals surface area contributed by atoms with Crippen molar-refractivity contribution in [2.24, 2.45) is 0 Å². The summed E-state index contributed by atoms with van der Waals surface area (Å²) >= 11 is 0. The lowest BCUT2D eigenvalue weighted by Gasteiger charge is -2.32. The van der Waals surface area contributed by atoms with Gasteiger partial charge in [0, 0.05) is 38.8 Å². The number of cyclic esters (lactones) is 1. The highest BCUT2D eigenvalue weighted by atomic mass is 19.1. The predicted molar refractivity (Wildman–Crippen MR) is 87.6 cm³/mol. The molecule has 0 aliphatic carbocycles. The van der Waals surface area contributed by atoms with Gasteiger partial charge in [0.1, 0.15) is 12.4 Å². The second kappa shape index (κ2) is 7.14. The van der Waals surface area contributed by atoms with Crippen LogP contribution in [0.4, 0.5) is 20.6 Å². The first kappa shape index (κ1) is 16.0. The largest absolute Gasteiger partial charge is 0.447 e. The predicted octanol–water partition coefficient (Wildman–Crippen LogP) is 1.17. The Kier molecular flexibility index (Phi) is 4.97. The summed E-state index contributed by atoms with van der Waals surface area (Å²) in [5, 5.41) is 6.78. The van der Waals surface area contributed by atoms with E-state index < -0.39 is 6.09 Å². The summed E-state index contributed by atoms with van der Waals surface area (Å²) in [4.78, 5) is 15.1. The average Bonchev–Trinajstić information content (AvgIpc) is 3.00. The first-order chi connectivity index (χ1) is 11.2. The lowest BCUT2D eigenvalue weighted by molar-refractivity contribution is 0.181. The molecule has 0 aromatic heterocycles. The molecule has 2 saturated heterocycles. The SMILES string of the molecule is CCN(C[C@@H]1CNCCN1)c1ccc(N2CCOC2=O)cc1F. The second-order valence-corrected chi connectivity index (χ2v) is 5.80. The van der Waals surface area contributed by atoms with Gasteiger partial charge in [-0.1, -0.05) is 0 Å². The molecule has 1 aromatic carbocycles. The number of halogens is 1. The van der Waals surface area contributed by atoms with Crippen LogP contribution in [0.25, 0.3) is 0 Å². The fourth-order valence-electron chi connectivity index (χ4n) is 3.05. The summed E-state index contributed by atoms with van der Waals surface area (Å²) in [6.07, 6.45) is -0.415. The first-order valence-electron chi connectivity index (χ1n) is 8.12. The van der Waals surface area contributed by atoms with Crippen molar-refractivity contribution in [1.29, 1.82) is 0 Å². The van der Waals surface area contributed by atoms with Crippen LogP contribution in [0.3, 0.4) is 0 Å². The van der Waals surface area contributed by atoms with Crippen LogP contribution in [-0.2, 0) is 4.74 Å². The van der Waals surface area contributed by atoms with Crippen molar-refractivity contribution in [2.45, 2.75) is 13.0 Å². The molecule has 23 heavy (non-hydrogen) atoms. The molecule has 0 radical (unpaired) electrons. The van der Waals surface area contributed by atoms with Gasteiger partial charge in [0.05, 0.1) is 17.9 Å². The highest BCUT2D eigenvalue weighted by molar-refractivity contribution is 5.89. The maximum Gasteiger partial charge on any atom is 0.414 e. The molecule has 2 N–H and O–H groups in total. The lowest BCUT2D eigenvalue weighted by Crippen LogP contribution is -2.53. The normalized spacial score (nSPS) is 21.4. The Morgan fingerprint density at radius 2 is 2.30 bits per heavy atom. The Hall–Kier alpha value is -1.86. The van der Waals surface area contributed by atoms with Crippen LogP contribution in [0, 0.1) is 5.82 Å². The smallest absolute Gasteiger partial charge is 0.414 e. The van der Waals surface area contributed by atoms with Crippen LogP contribution in [-0.4, -0.2) is 58.0 Å². The van der Waals surface area contributed by atoms with E-state index in [0.717, 1.165) is 32.7 Å². The quantitative estimate of drug-likeness (QED) is 0.852. The van der Waals surface area contributed by atoms with Gasteiger partial charge in [-0.3, -0.25) is 4.90 Å². The third-order valence-electron chi connectivity index (χ3n) is 4.29. The number of carbonyl (C=O) groups excluding carboxylic acids is 1. The molecular formula is C16H23FN4O2. The van der Waals surface area contributed by atoms with E-state index in [1.165, 1.54) is 11.0 Å². The Labute approximate surface area is 135 Å². The molecule has 0 spiro atoms. The third-order valence-corrected chi connectivity index (χ3v) is 4.29. The number of hydrogen-bond acceptors (Lipinski definition) is 5. The van der Waals surface area contributed by atoms with E-state index in [1.807, 2.05) is 11.8 Å². The third kappa shape index (κ3) is 3.56. The molecule has 0 saturated carbocycles. The molecule has 1 aromatic rings. The number of likely N-dealkylation sites (N-methyl/N-ethyl adjacent to an activating group) is 1. The molecular weight excluding hydrogens is 299 g/mol. The molecule has 6 nitrogen and oxygen atoms in total. The molecule has 1 amide bonds. The van der Waals surface area contributed by atoms with Crippen molar-refractivity contribution < 1.29 is 13.9 Å². The van der Waals surface area contributed by atoms with E-state index in [0.29, 0.717) is 30.6 Å². The second-order valence-electron chi connectivity index (χ2n) is 5.80. The van der Waals surface area contributed by atoms with Gasteiger partial charge in [0.15, 0.2) is 0 Å². The van der Waals surface area contributed by atoms with Gasteiger partial charge < -0.3 is 20.3 Å². The van der Waals surface area contributed by atoms with Gasteiger partial charge in [0.2, 0.25) is 0 Å². The van der Waals surface area contributed by atoms with Crippen molar-refractivity contribution in [2.75, 3.05) is 55.7 Å². The Bertz CT molecular complexity index is 563. The van der Waals surface area contributed by atoms with Crippen molar-refractivity contribution in [1.82, 2.24) is 10.6 Å². The fraction of sp³-hybridized carbons (Fsp3) is 0.562. The summed E-state index contributed by atoms with van der Waals surface area (Å²) < 4.78 is 19.5. The number of nitrogens with zero attached hydrogens (tertiary/aromatic N) is 2. The highest BCUT2D eigenvalue weighted by Crippen LogP contribution is 2.26. The molecule has 126 valence electrons. The number of benzene rings is 1. The molecule has 1 atom stereocenters. The summed E-state index contributed by atoms with van der Waals surface area (Å²) in [5.41, 5.74) is 1.11. The topological polar surface area (TPSA) is 56.8 Å². The molecule has 3 rings (SSSR count). The average molecular weight is 322 g/mol. The zero-order chi connectivity index (χ0) is 16.2. The molecule has 2 fully saturated rings. The number of nitrogens with one attached hydrogen (secondary N) is 2. The van der Waals surface area contributed by atoms with Gasteiger partial charge >= 0.3 is 6.09 Å². The summed E-state index contributed by atoms with van der Waals surface area (Å²) in [5.74, 6) is -0.312. The highest BCUT2D eigenvalue weighted by Gasteiger charge is 2.25. The van der Waals surface area contributed by atoms with Gasteiger partial charge in [-0.2, -0.15) is 0 Å². The van der Waals surface area contributed by atoms with E-state index in [1.54, 1.807) is 12.1 Å². The molecule has 2 aliphatic heterocycles. The Morgan fingerprint density at radius 1 is 1.43 bits per heavy atom. The van der Waals surface area contributed by atoms with Crippen molar-refractivity contribution >= 4 is 17.5 Å². The van der Waals surface area contributed by atoms with E-state index in [4.69, 9.17) is 4.74 Å². The van der Waals surface area contributed by atoms with Crippen molar-refractivity contribution in [3.05, 3.63) is 24.0 Å². The van der Waals surface area contributed by atoms with Crippen LogP contribution < -0.4 is 20.4 Å². The molecule has 0 unspecified atom stereocenters. The number of rotatable bonds is 5. The van der Waals surface area contributed by atoms with Crippen LogP contribution in [0.5, 0.6) is 0 Å². The number of anilines is 2. The zero-order valence-electron chi connectivity index (χ0n) is 13.3. The molecule has 7 heteroatoms. The lowest BCUT2D eigenvalue weighted by atomic mass is 10.2. The van der Waals surface area contributed by atoms with E-state index in [-0.39, 0.29) is 5.82 Å². The number of carbonyl (C=O) groups is 1. The van der Waals surface area contributed by atoms with Crippen LogP contribution in [0.2, 0.25) is 0 Å². The fourth-order valence-corrected chi connectivity index (χ4v) is 3.05. The Morgan fingerprint density at radius 3 is 2.91 bits per heavy atom. The van der Waals surface area contributed by atoms with E-state index >= 15 is 0 Å². The first-order valence-corrected chi connectivity index (χ1v) is 8.12. The number of ether oxygens (including phenoxy) is 1. The summed E-state index contributed by atoms with van der Waals surface area (Å²) in [7, 11) is 0. The van der Waals surface area contributed by atoms with Gasteiger partial charge in [0.25, 0.3) is 0 Å². The minimum atomic E-state index is -0.415. The van der Waals surface area contributed by atoms with Crippen molar-refractivity contribution in [3.63, 3.8) is 0 Å². The Balaban J connectivity index is 1.73. The minimum Gasteiger partial charge on any atom is -0.447 e.